The highest BCUT2D eigenvalue weighted by Gasteiger charge is 2.06. The van der Waals surface area contributed by atoms with E-state index in [1.807, 2.05) is 19.1 Å². The smallest absolute Gasteiger partial charge is 0.191 e. The Morgan fingerprint density at radius 3 is 2.46 bits per heavy atom. The molecule has 0 atom stereocenters. The van der Waals surface area contributed by atoms with Gasteiger partial charge < -0.3 is 15.4 Å². The van der Waals surface area contributed by atoms with E-state index in [1.165, 1.54) is 6.26 Å². The Kier molecular flexibility index (Phi) is 10.3. The summed E-state index contributed by atoms with van der Waals surface area (Å²) in [7, 11) is -3.14. The molecular weight excluding hydrogens is 350 g/mol. The fraction of sp³-hybridized carbons (Fsp3) is 0.632. The van der Waals surface area contributed by atoms with Gasteiger partial charge in [0.2, 0.25) is 0 Å². The molecule has 0 aliphatic carbocycles. The second kappa shape index (κ2) is 11.9. The van der Waals surface area contributed by atoms with Crippen molar-refractivity contribution in [3.05, 3.63) is 29.8 Å². The summed E-state index contributed by atoms with van der Waals surface area (Å²) in [6.07, 6.45) is 2.92. The molecule has 1 aromatic carbocycles. The fourth-order valence-corrected chi connectivity index (χ4v) is 2.88. The lowest BCUT2D eigenvalue weighted by molar-refractivity contribution is 0.109. The summed E-state index contributed by atoms with van der Waals surface area (Å²) in [5, 5.41) is 6.53. The van der Waals surface area contributed by atoms with Crippen molar-refractivity contribution in [1.29, 1.82) is 0 Å². The maximum atomic E-state index is 11.5. The Morgan fingerprint density at radius 1 is 1.19 bits per heavy atom. The lowest BCUT2D eigenvalue weighted by Gasteiger charge is -2.11. The van der Waals surface area contributed by atoms with Crippen LogP contribution in [0.4, 0.5) is 0 Å². The molecule has 2 N–H and O–H groups in total. The van der Waals surface area contributed by atoms with Crippen LogP contribution in [0.15, 0.2) is 34.2 Å². The average Bonchev–Trinajstić information content (AvgIpc) is 2.57. The predicted octanol–water partition coefficient (Wildman–Crippen LogP) is 2.25. The number of hydrogen-bond donors (Lipinski definition) is 2. The second-order valence-corrected chi connectivity index (χ2v) is 8.69. The zero-order valence-electron chi connectivity index (χ0n) is 16.4. The number of benzene rings is 1. The van der Waals surface area contributed by atoms with Crippen molar-refractivity contribution < 1.29 is 13.2 Å². The van der Waals surface area contributed by atoms with Gasteiger partial charge in [-0.2, -0.15) is 0 Å². The molecule has 1 rings (SSSR count). The van der Waals surface area contributed by atoms with Gasteiger partial charge in [0.15, 0.2) is 15.8 Å². The van der Waals surface area contributed by atoms with Crippen molar-refractivity contribution in [2.75, 3.05) is 39.1 Å². The molecule has 0 amide bonds. The van der Waals surface area contributed by atoms with Crippen LogP contribution in [0.2, 0.25) is 0 Å². The molecule has 0 bridgehead atoms. The first-order valence-corrected chi connectivity index (χ1v) is 11.1. The molecule has 148 valence electrons. The van der Waals surface area contributed by atoms with E-state index in [9.17, 15) is 8.42 Å². The number of aliphatic imine (C=N–C) groups is 1. The van der Waals surface area contributed by atoms with Gasteiger partial charge in [0.25, 0.3) is 0 Å². The van der Waals surface area contributed by atoms with Gasteiger partial charge in [-0.05, 0) is 43.4 Å². The number of rotatable bonds is 11. The normalized spacial score (nSPS) is 12.4. The minimum atomic E-state index is -3.14. The molecule has 0 aromatic heterocycles. The number of guanidine groups is 1. The topological polar surface area (TPSA) is 79.8 Å². The van der Waals surface area contributed by atoms with Crippen LogP contribution in [0.25, 0.3) is 0 Å². The first-order chi connectivity index (χ1) is 12.3. The van der Waals surface area contributed by atoms with Gasteiger partial charge in [0.05, 0.1) is 4.90 Å². The summed E-state index contributed by atoms with van der Waals surface area (Å²) in [4.78, 5) is 4.89. The molecular formula is C19H33N3O3S. The summed E-state index contributed by atoms with van der Waals surface area (Å²) in [6, 6.07) is 7.02. The standard InChI is InChI=1S/C19H33N3O3S/c1-5-20-19(21-12-6-14-25-15-16(2)3)22-13-11-17-7-9-18(10-8-17)26(4,23)24/h7-10,16H,5-6,11-15H2,1-4H3,(H2,20,21,22). The molecule has 26 heavy (non-hydrogen) atoms. The summed E-state index contributed by atoms with van der Waals surface area (Å²) in [6.45, 7) is 10.1. The van der Waals surface area contributed by atoms with E-state index >= 15 is 0 Å². The maximum Gasteiger partial charge on any atom is 0.191 e. The number of sulfone groups is 1. The Morgan fingerprint density at radius 2 is 1.88 bits per heavy atom. The van der Waals surface area contributed by atoms with Crippen LogP contribution in [0.1, 0.15) is 32.8 Å². The Bertz CT molecular complexity index is 640. The summed E-state index contributed by atoms with van der Waals surface area (Å²) < 4.78 is 28.5. The molecule has 0 aliphatic rings. The first kappa shape index (κ1) is 22.4. The van der Waals surface area contributed by atoms with Crippen molar-refractivity contribution in [3.63, 3.8) is 0 Å². The van der Waals surface area contributed by atoms with Crippen LogP contribution in [0.5, 0.6) is 0 Å². The molecule has 0 fully saturated rings. The van der Waals surface area contributed by atoms with Crippen LogP contribution in [0, 0.1) is 5.92 Å². The van der Waals surface area contributed by atoms with E-state index in [0.717, 1.165) is 57.2 Å². The van der Waals surface area contributed by atoms with Gasteiger partial charge in [-0.25, -0.2) is 8.42 Å². The minimum absolute atomic E-state index is 0.351. The second-order valence-electron chi connectivity index (χ2n) is 6.68. The van der Waals surface area contributed by atoms with E-state index in [2.05, 4.69) is 29.5 Å². The Hall–Kier alpha value is -1.60. The van der Waals surface area contributed by atoms with Crippen molar-refractivity contribution in [1.82, 2.24) is 10.6 Å². The molecule has 0 saturated carbocycles. The predicted molar refractivity (Wildman–Crippen MR) is 108 cm³/mol. The lowest BCUT2D eigenvalue weighted by atomic mass is 10.1. The molecule has 6 nitrogen and oxygen atoms in total. The fourth-order valence-electron chi connectivity index (χ4n) is 2.25. The van der Waals surface area contributed by atoms with Crippen LogP contribution in [0.3, 0.4) is 0 Å². The van der Waals surface area contributed by atoms with E-state index in [4.69, 9.17) is 4.74 Å². The van der Waals surface area contributed by atoms with E-state index in [1.54, 1.807) is 12.1 Å². The third-order valence-corrected chi connectivity index (χ3v) is 4.70. The van der Waals surface area contributed by atoms with Crippen molar-refractivity contribution >= 4 is 15.8 Å². The van der Waals surface area contributed by atoms with Crippen LogP contribution in [-0.2, 0) is 21.0 Å². The molecule has 0 radical (unpaired) electrons. The van der Waals surface area contributed by atoms with Gasteiger partial charge in [0, 0.05) is 39.1 Å². The largest absolute Gasteiger partial charge is 0.381 e. The van der Waals surface area contributed by atoms with Crippen LogP contribution < -0.4 is 10.6 Å². The first-order valence-electron chi connectivity index (χ1n) is 9.21. The maximum absolute atomic E-state index is 11.5. The van der Waals surface area contributed by atoms with Gasteiger partial charge in [0.1, 0.15) is 0 Å². The summed E-state index contributed by atoms with van der Waals surface area (Å²) in [5.41, 5.74) is 1.09. The SMILES string of the molecule is CCNC(=NCCCOCC(C)C)NCCc1ccc(S(C)(=O)=O)cc1. The van der Waals surface area contributed by atoms with Gasteiger partial charge in [-0.15, -0.1) is 0 Å². The third-order valence-electron chi connectivity index (χ3n) is 3.57. The monoisotopic (exact) mass is 383 g/mol. The quantitative estimate of drug-likeness (QED) is 0.348. The Balaban J connectivity index is 2.37. The minimum Gasteiger partial charge on any atom is -0.381 e. The number of nitrogens with zero attached hydrogens (tertiary/aromatic N) is 1. The van der Waals surface area contributed by atoms with Gasteiger partial charge >= 0.3 is 0 Å². The molecule has 0 unspecified atom stereocenters. The van der Waals surface area contributed by atoms with E-state index < -0.39 is 9.84 Å². The van der Waals surface area contributed by atoms with Crippen LogP contribution >= 0.6 is 0 Å². The van der Waals surface area contributed by atoms with E-state index in [0.29, 0.717) is 10.8 Å². The Labute approximate surface area is 158 Å². The summed E-state index contributed by atoms with van der Waals surface area (Å²) >= 11 is 0. The third kappa shape index (κ3) is 9.77. The molecule has 1 aromatic rings. The number of ether oxygens (including phenoxy) is 1. The highest BCUT2D eigenvalue weighted by atomic mass is 32.2. The molecule has 0 spiro atoms. The highest BCUT2D eigenvalue weighted by molar-refractivity contribution is 7.90. The molecule has 0 aliphatic heterocycles. The van der Waals surface area contributed by atoms with Crippen molar-refractivity contribution in [2.45, 2.75) is 38.5 Å². The highest BCUT2D eigenvalue weighted by Crippen LogP contribution is 2.10. The van der Waals surface area contributed by atoms with Gasteiger partial charge in [-0.3, -0.25) is 4.99 Å². The number of hydrogen-bond acceptors (Lipinski definition) is 4. The average molecular weight is 384 g/mol. The summed E-state index contributed by atoms with van der Waals surface area (Å²) in [5.74, 6) is 1.35. The molecule has 7 heteroatoms. The van der Waals surface area contributed by atoms with Gasteiger partial charge in [-0.1, -0.05) is 26.0 Å². The van der Waals surface area contributed by atoms with Crippen LogP contribution in [-0.4, -0.2) is 53.5 Å². The van der Waals surface area contributed by atoms with E-state index in [-0.39, 0.29) is 0 Å². The molecule has 0 saturated heterocycles. The zero-order chi connectivity index (χ0) is 19.4. The van der Waals surface area contributed by atoms with Crippen molar-refractivity contribution in [3.8, 4) is 0 Å². The molecule has 0 heterocycles. The number of nitrogens with one attached hydrogen (secondary N) is 2. The zero-order valence-corrected chi connectivity index (χ0v) is 17.2. The lowest BCUT2D eigenvalue weighted by Crippen LogP contribution is -2.38. The van der Waals surface area contributed by atoms with Crippen molar-refractivity contribution in [2.24, 2.45) is 10.9 Å².